The van der Waals surface area contributed by atoms with Crippen LogP contribution in [0.3, 0.4) is 0 Å². The molecule has 0 saturated heterocycles. The van der Waals surface area contributed by atoms with Gasteiger partial charge in [-0.1, -0.05) is 50.3 Å². The minimum Gasteiger partial charge on any atom is -0.506 e. The molecule has 1 atom stereocenters. The van der Waals surface area contributed by atoms with E-state index in [0.29, 0.717) is 18.2 Å². The number of aromatic hydroxyl groups is 1. The van der Waals surface area contributed by atoms with Gasteiger partial charge in [0.25, 0.3) is 0 Å². The Bertz CT molecular complexity index is 931. The predicted molar refractivity (Wildman–Crippen MR) is 112 cm³/mol. The summed E-state index contributed by atoms with van der Waals surface area (Å²) in [7, 11) is 0. The fourth-order valence-corrected chi connectivity index (χ4v) is 4.46. The van der Waals surface area contributed by atoms with Gasteiger partial charge < -0.3 is 20.2 Å². The number of amides is 2. The minimum atomic E-state index is -0.457. The molecule has 7 heteroatoms. The Morgan fingerprint density at radius 1 is 1.28 bits per heavy atom. The van der Waals surface area contributed by atoms with Crippen LogP contribution in [0.15, 0.2) is 34.6 Å². The largest absolute Gasteiger partial charge is 0.506 e. The van der Waals surface area contributed by atoms with Gasteiger partial charge in [0.1, 0.15) is 12.0 Å². The van der Waals surface area contributed by atoms with E-state index >= 15 is 0 Å². The van der Waals surface area contributed by atoms with Crippen molar-refractivity contribution in [2.45, 2.75) is 63.8 Å². The molecule has 0 bridgehead atoms. The van der Waals surface area contributed by atoms with Crippen molar-refractivity contribution in [2.75, 3.05) is 0 Å². The van der Waals surface area contributed by atoms with Gasteiger partial charge in [-0.2, -0.15) is 0 Å². The van der Waals surface area contributed by atoms with Gasteiger partial charge in [-0.25, -0.2) is 9.78 Å². The van der Waals surface area contributed by atoms with E-state index in [1.807, 2.05) is 0 Å². The van der Waals surface area contributed by atoms with Crippen LogP contribution in [0.2, 0.25) is 5.02 Å². The first kappa shape index (κ1) is 19.8. The molecule has 29 heavy (non-hydrogen) atoms. The van der Waals surface area contributed by atoms with Gasteiger partial charge >= 0.3 is 6.03 Å². The lowest BCUT2D eigenvalue weighted by Crippen LogP contribution is -2.43. The maximum absolute atomic E-state index is 12.3. The fraction of sp³-hybridized carbons (Fsp3) is 0.455. The average Bonchev–Trinajstić information content (AvgIpc) is 3.20. The molecule has 1 aromatic carbocycles. The number of oxazole rings is 1. The van der Waals surface area contributed by atoms with E-state index in [2.05, 4.69) is 17.6 Å². The lowest BCUT2D eigenvalue weighted by molar-refractivity contribution is 0.239. The molecule has 1 fully saturated rings. The van der Waals surface area contributed by atoms with Crippen LogP contribution < -0.4 is 10.6 Å². The Morgan fingerprint density at radius 3 is 2.79 bits per heavy atom. The molecule has 2 aromatic rings. The summed E-state index contributed by atoms with van der Waals surface area (Å²) in [5.74, 6) is 0.964. The van der Waals surface area contributed by atoms with Crippen molar-refractivity contribution in [1.29, 1.82) is 0 Å². The number of halogens is 1. The zero-order valence-corrected chi connectivity index (χ0v) is 17.3. The highest BCUT2D eigenvalue weighted by Crippen LogP contribution is 2.39. The molecule has 6 nitrogen and oxygen atoms in total. The smallest absolute Gasteiger partial charge is 0.319 e. The molecule has 1 aliphatic carbocycles. The van der Waals surface area contributed by atoms with E-state index in [0.717, 1.165) is 41.8 Å². The lowest BCUT2D eigenvalue weighted by atomic mass is 9.87. The number of hydrogen-bond acceptors (Lipinski definition) is 4. The first-order valence-electron chi connectivity index (χ1n) is 10.3. The van der Waals surface area contributed by atoms with Gasteiger partial charge in [0.05, 0.1) is 22.3 Å². The van der Waals surface area contributed by atoms with E-state index in [9.17, 15) is 9.90 Å². The van der Waals surface area contributed by atoms with E-state index in [1.165, 1.54) is 25.3 Å². The zero-order valence-electron chi connectivity index (χ0n) is 16.5. The molecule has 1 aliphatic heterocycles. The quantitative estimate of drug-likeness (QED) is 0.589. The van der Waals surface area contributed by atoms with Crippen molar-refractivity contribution < 1.29 is 14.3 Å². The second-order valence-electron chi connectivity index (χ2n) is 7.80. The van der Waals surface area contributed by atoms with Crippen molar-refractivity contribution in [3.63, 3.8) is 0 Å². The van der Waals surface area contributed by atoms with E-state index < -0.39 is 6.04 Å². The normalized spacial score (nSPS) is 20.5. The molecule has 2 aliphatic rings. The number of rotatable bonds is 5. The number of benzene rings is 1. The SMILES string of the molecule is CCCC1=C(c2nc(C3CCCCC3)co2)C(c2ccc(O)c(Cl)c2)NC(=O)N1. The fourth-order valence-electron chi connectivity index (χ4n) is 4.27. The Kier molecular flexibility index (Phi) is 5.81. The maximum Gasteiger partial charge on any atom is 0.319 e. The molecule has 4 rings (SSSR count). The monoisotopic (exact) mass is 415 g/mol. The molecule has 1 aromatic heterocycles. The summed E-state index contributed by atoms with van der Waals surface area (Å²) in [6.07, 6.45) is 9.35. The number of phenols is 1. The van der Waals surface area contributed by atoms with Crippen molar-refractivity contribution >= 4 is 23.2 Å². The van der Waals surface area contributed by atoms with Crippen LogP contribution in [0.4, 0.5) is 4.79 Å². The summed E-state index contributed by atoms with van der Waals surface area (Å²) in [6, 6.07) is 4.23. The Labute approximate surface area is 175 Å². The summed E-state index contributed by atoms with van der Waals surface area (Å²) >= 11 is 6.13. The van der Waals surface area contributed by atoms with Crippen LogP contribution in [-0.4, -0.2) is 16.1 Å². The standard InChI is InChI=1S/C22H26ClN3O3/c1-2-6-16-19(21-24-17(12-29-21)13-7-4-3-5-8-13)20(26-22(28)25-16)14-9-10-18(27)15(23)11-14/h9-13,20,27H,2-8H2,1H3,(H2,25,26,28). The van der Waals surface area contributed by atoms with Crippen molar-refractivity contribution in [3.8, 4) is 5.75 Å². The first-order chi connectivity index (χ1) is 14.1. The summed E-state index contributed by atoms with van der Waals surface area (Å²) in [4.78, 5) is 17.2. The second-order valence-corrected chi connectivity index (χ2v) is 8.20. The van der Waals surface area contributed by atoms with Crippen LogP contribution >= 0.6 is 11.6 Å². The molecule has 154 valence electrons. The Hall–Kier alpha value is -2.47. The number of nitrogens with zero attached hydrogens (tertiary/aromatic N) is 1. The number of aromatic nitrogens is 1. The number of carbonyl (C=O) groups is 1. The van der Waals surface area contributed by atoms with E-state index in [4.69, 9.17) is 21.0 Å². The Morgan fingerprint density at radius 2 is 2.07 bits per heavy atom. The van der Waals surface area contributed by atoms with Crippen LogP contribution in [0.1, 0.15) is 81.0 Å². The van der Waals surface area contributed by atoms with Gasteiger partial charge in [0.15, 0.2) is 0 Å². The summed E-state index contributed by atoms with van der Waals surface area (Å²) in [6.45, 7) is 2.06. The third-order valence-corrected chi connectivity index (χ3v) is 6.04. The third kappa shape index (κ3) is 4.13. The van der Waals surface area contributed by atoms with Crippen molar-refractivity contribution in [1.82, 2.24) is 15.6 Å². The summed E-state index contributed by atoms with van der Waals surface area (Å²) in [5, 5.41) is 15.9. The third-order valence-electron chi connectivity index (χ3n) is 5.73. The number of carbonyl (C=O) groups excluding carboxylic acids is 1. The summed E-state index contributed by atoms with van der Waals surface area (Å²) in [5.41, 5.74) is 3.38. The Balaban J connectivity index is 1.76. The molecule has 2 heterocycles. The molecule has 3 N–H and O–H groups in total. The van der Waals surface area contributed by atoms with E-state index in [1.54, 1.807) is 18.4 Å². The molecule has 2 amide bonds. The van der Waals surface area contributed by atoms with Gasteiger partial charge in [-0.15, -0.1) is 0 Å². The van der Waals surface area contributed by atoms with Crippen LogP contribution in [0, 0.1) is 0 Å². The minimum absolute atomic E-state index is 0.00528. The highest BCUT2D eigenvalue weighted by molar-refractivity contribution is 6.32. The first-order valence-corrected chi connectivity index (χ1v) is 10.7. The average molecular weight is 416 g/mol. The number of allylic oxidation sites excluding steroid dienone is 1. The summed E-state index contributed by atoms with van der Waals surface area (Å²) < 4.78 is 5.93. The molecule has 0 spiro atoms. The number of urea groups is 1. The van der Waals surface area contributed by atoms with Gasteiger partial charge in [-0.05, 0) is 37.0 Å². The topological polar surface area (TPSA) is 87.4 Å². The van der Waals surface area contributed by atoms with Crippen LogP contribution in [-0.2, 0) is 0 Å². The highest BCUT2D eigenvalue weighted by Gasteiger charge is 2.33. The highest BCUT2D eigenvalue weighted by atomic mass is 35.5. The van der Waals surface area contributed by atoms with Gasteiger partial charge in [0, 0.05) is 11.6 Å². The molecule has 1 saturated carbocycles. The second kappa shape index (κ2) is 8.49. The van der Waals surface area contributed by atoms with Gasteiger partial charge in [-0.3, -0.25) is 0 Å². The molecule has 1 unspecified atom stereocenters. The number of phenolic OH excluding ortho intramolecular Hbond substituents is 1. The van der Waals surface area contributed by atoms with Crippen molar-refractivity contribution in [3.05, 3.63) is 52.3 Å². The molecule has 0 radical (unpaired) electrons. The number of hydrogen-bond donors (Lipinski definition) is 3. The van der Waals surface area contributed by atoms with Crippen molar-refractivity contribution in [2.24, 2.45) is 0 Å². The molecular weight excluding hydrogens is 390 g/mol. The maximum atomic E-state index is 12.3. The number of nitrogens with one attached hydrogen (secondary N) is 2. The lowest BCUT2D eigenvalue weighted by Gasteiger charge is -2.29. The van der Waals surface area contributed by atoms with Crippen LogP contribution in [0.5, 0.6) is 5.75 Å². The van der Waals surface area contributed by atoms with Gasteiger partial charge in [0.2, 0.25) is 5.89 Å². The predicted octanol–water partition coefficient (Wildman–Crippen LogP) is 5.65. The molecular formula is C22H26ClN3O3. The van der Waals surface area contributed by atoms with Crippen LogP contribution in [0.25, 0.3) is 5.57 Å². The van der Waals surface area contributed by atoms with E-state index in [-0.39, 0.29) is 16.8 Å². The zero-order chi connectivity index (χ0) is 20.4.